The van der Waals surface area contributed by atoms with Crippen LogP contribution >= 0.6 is 11.3 Å². The summed E-state index contributed by atoms with van der Waals surface area (Å²) in [5, 5.41) is 8.78. The van der Waals surface area contributed by atoms with E-state index in [4.69, 9.17) is 4.52 Å². The van der Waals surface area contributed by atoms with Gasteiger partial charge in [-0.25, -0.2) is 0 Å². The van der Waals surface area contributed by atoms with Crippen molar-refractivity contribution in [2.24, 2.45) is 0 Å². The van der Waals surface area contributed by atoms with Gasteiger partial charge in [0.2, 0.25) is 11.8 Å². The van der Waals surface area contributed by atoms with Crippen LogP contribution < -0.4 is 10.2 Å². The fourth-order valence-corrected chi connectivity index (χ4v) is 4.06. The van der Waals surface area contributed by atoms with Crippen molar-refractivity contribution in [1.82, 2.24) is 9.72 Å². The maximum atomic E-state index is 12.2. The first-order valence-corrected chi connectivity index (χ1v) is 9.35. The van der Waals surface area contributed by atoms with Gasteiger partial charge in [-0.3, -0.25) is 14.9 Å². The Balaban J connectivity index is 1.60. The molecule has 0 aliphatic heterocycles. The molecule has 0 unspecified atom stereocenters. The maximum absolute atomic E-state index is 12.2. The Morgan fingerprint density at radius 3 is 2.79 bits per heavy atom. The normalized spacial score (nSPS) is 15.6. The lowest BCUT2D eigenvalue weighted by Gasteiger charge is -2.19. The van der Waals surface area contributed by atoms with E-state index in [1.54, 1.807) is 9.95 Å². The van der Waals surface area contributed by atoms with E-state index in [0.29, 0.717) is 18.3 Å². The molecule has 2 aromatic heterocycles. The molecular formula is C17H23N3O3S. The summed E-state index contributed by atoms with van der Waals surface area (Å²) < 4.78 is 6.97. The van der Waals surface area contributed by atoms with E-state index < -0.39 is 0 Å². The zero-order valence-electron chi connectivity index (χ0n) is 14.1. The smallest absolute Gasteiger partial charge is 0.307 e. The third-order valence-corrected chi connectivity index (χ3v) is 5.62. The number of hydrogen-bond donors (Lipinski definition) is 1. The summed E-state index contributed by atoms with van der Waals surface area (Å²) >= 11 is 1.16. The van der Waals surface area contributed by atoms with Crippen molar-refractivity contribution in [2.45, 2.75) is 64.8 Å². The van der Waals surface area contributed by atoms with Gasteiger partial charge in [-0.1, -0.05) is 35.8 Å². The lowest BCUT2D eigenvalue weighted by atomic mass is 9.86. The molecule has 0 radical (unpaired) electrons. The number of nitrogens with zero attached hydrogens (tertiary/aromatic N) is 2. The topological polar surface area (TPSA) is 77.1 Å². The Morgan fingerprint density at radius 1 is 1.38 bits per heavy atom. The van der Waals surface area contributed by atoms with Crippen LogP contribution in [0.4, 0.5) is 5.88 Å². The van der Waals surface area contributed by atoms with E-state index in [9.17, 15) is 9.59 Å². The Morgan fingerprint density at radius 2 is 2.12 bits per heavy atom. The van der Waals surface area contributed by atoms with Gasteiger partial charge in [-0.2, -0.15) is 0 Å². The number of carbonyl (C=O) groups excluding carboxylic acids is 1. The number of anilines is 1. The molecule has 1 N–H and O–H groups in total. The van der Waals surface area contributed by atoms with Crippen LogP contribution in [0.2, 0.25) is 0 Å². The lowest BCUT2D eigenvalue weighted by Crippen LogP contribution is -2.20. The van der Waals surface area contributed by atoms with Crippen LogP contribution in [0.5, 0.6) is 0 Å². The Labute approximate surface area is 144 Å². The van der Waals surface area contributed by atoms with Crippen LogP contribution in [0.25, 0.3) is 0 Å². The van der Waals surface area contributed by atoms with Gasteiger partial charge in [-0.05, 0) is 26.7 Å². The van der Waals surface area contributed by atoms with Crippen molar-refractivity contribution in [2.75, 3.05) is 5.32 Å². The Hall–Kier alpha value is -1.89. The largest absolute Gasteiger partial charge is 0.338 e. The summed E-state index contributed by atoms with van der Waals surface area (Å²) in [6, 6.07) is 0. The van der Waals surface area contributed by atoms with Gasteiger partial charge in [0.25, 0.3) is 0 Å². The second-order valence-corrected chi connectivity index (χ2v) is 7.27. The van der Waals surface area contributed by atoms with Gasteiger partial charge in [0.1, 0.15) is 0 Å². The summed E-state index contributed by atoms with van der Waals surface area (Å²) in [7, 11) is 0. The minimum atomic E-state index is -0.165. The van der Waals surface area contributed by atoms with Gasteiger partial charge in [0.15, 0.2) is 0 Å². The summed E-state index contributed by atoms with van der Waals surface area (Å²) in [5.41, 5.74) is 2.79. The van der Waals surface area contributed by atoms with Gasteiger partial charge < -0.3 is 9.09 Å². The molecule has 0 atom stereocenters. The second kappa shape index (κ2) is 7.34. The molecule has 0 aromatic carbocycles. The minimum absolute atomic E-state index is 0.0317. The SMILES string of the molecule is Cc1c(C2CCCCC2)noc1NC(=O)CCn1c(C)csc1=O. The van der Waals surface area contributed by atoms with E-state index in [2.05, 4.69) is 10.5 Å². The van der Waals surface area contributed by atoms with Gasteiger partial charge >= 0.3 is 4.87 Å². The standard InChI is InChI=1S/C17H23N3O3S/c1-11-10-24-17(22)20(11)9-8-14(21)18-16-12(2)15(19-23-16)13-6-4-3-5-7-13/h10,13H,3-9H2,1-2H3,(H,18,21). The molecule has 7 heteroatoms. The molecule has 1 aliphatic rings. The fraction of sp³-hybridized carbons (Fsp3) is 0.588. The highest BCUT2D eigenvalue weighted by Crippen LogP contribution is 2.35. The lowest BCUT2D eigenvalue weighted by molar-refractivity contribution is -0.116. The quantitative estimate of drug-likeness (QED) is 0.895. The third-order valence-electron chi connectivity index (χ3n) is 4.74. The predicted octanol–water partition coefficient (Wildman–Crippen LogP) is 3.59. The van der Waals surface area contributed by atoms with E-state index in [-0.39, 0.29) is 17.2 Å². The predicted molar refractivity (Wildman–Crippen MR) is 93.6 cm³/mol. The van der Waals surface area contributed by atoms with Gasteiger partial charge in [0, 0.05) is 35.5 Å². The highest BCUT2D eigenvalue weighted by Gasteiger charge is 2.23. The van der Waals surface area contributed by atoms with Crippen molar-refractivity contribution in [3.63, 3.8) is 0 Å². The van der Waals surface area contributed by atoms with E-state index >= 15 is 0 Å². The number of thiazole rings is 1. The molecule has 6 nitrogen and oxygen atoms in total. The van der Waals surface area contributed by atoms with Gasteiger partial charge in [-0.15, -0.1) is 0 Å². The minimum Gasteiger partial charge on any atom is -0.338 e. The van der Waals surface area contributed by atoms with Crippen molar-refractivity contribution >= 4 is 23.1 Å². The average molecular weight is 349 g/mol. The molecule has 24 heavy (non-hydrogen) atoms. The van der Waals surface area contributed by atoms with Gasteiger partial charge in [0.05, 0.1) is 5.69 Å². The van der Waals surface area contributed by atoms with Crippen LogP contribution in [-0.4, -0.2) is 15.6 Å². The number of aromatic nitrogens is 2. The van der Waals surface area contributed by atoms with E-state index in [1.165, 1.54) is 19.3 Å². The number of carbonyl (C=O) groups is 1. The molecule has 0 spiro atoms. The molecule has 2 aromatic rings. The molecule has 1 saturated carbocycles. The molecule has 3 rings (SSSR count). The van der Waals surface area contributed by atoms with Crippen LogP contribution in [0.1, 0.15) is 61.4 Å². The Kier molecular flexibility index (Phi) is 5.18. The number of rotatable bonds is 5. The first-order valence-electron chi connectivity index (χ1n) is 8.47. The Bertz CT molecular complexity index is 768. The zero-order valence-corrected chi connectivity index (χ0v) is 14.9. The second-order valence-electron chi connectivity index (χ2n) is 6.45. The zero-order chi connectivity index (χ0) is 17.1. The number of aryl methyl sites for hydroxylation is 1. The first-order chi connectivity index (χ1) is 11.6. The van der Waals surface area contributed by atoms with Crippen molar-refractivity contribution in [3.8, 4) is 0 Å². The van der Waals surface area contributed by atoms with E-state index in [0.717, 1.165) is 41.1 Å². The molecule has 1 amide bonds. The molecule has 0 bridgehead atoms. The van der Waals surface area contributed by atoms with Crippen molar-refractivity contribution in [1.29, 1.82) is 0 Å². The fourth-order valence-electron chi connectivity index (χ4n) is 3.30. The van der Waals surface area contributed by atoms with Crippen molar-refractivity contribution < 1.29 is 9.32 Å². The summed E-state index contributed by atoms with van der Waals surface area (Å²) in [4.78, 5) is 23.8. The molecular weight excluding hydrogens is 326 g/mol. The third kappa shape index (κ3) is 3.61. The molecule has 1 fully saturated rings. The first kappa shape index (κ1) is 17.0. The number of amides is 1. The number of nitrogens with one attached hydrogen (secondary N) is 1. The highest BCUT2D eigenvalue weighted by atomic mass is 32.1. The molecule has 2 heterocycles. The van der Waals surface area contributed by atoms with Crippen LogP contribution in [0, 0.1) is 13.8 Å². The highest BCUT2D eigenvalue weighted by molar-refractivity contribution is 7.07. The molecule has 1 aliphatic carbocycles. The molecule has 130 valence electrons. The van der Waals surface area contributed by atoms with Crippen molar-refractivity contribution in [3.05, 3.63) is 32.0 Å². The maximum Gasteiger partial charge on any atom is 0.307 e. The average Bonchev–Trinajstić information content (AvgIpc) is 3.10. The summed E-state index contributed by atoms with van der Waals surface area (Å²) in [5.74, 6) is 0.720. The van der Waals surface area contributed by atoms with Crippen LogP contribution in [-0.2, 0) is 11.3 Å². The summed E-state index contributed by atoms with van der Waals surface area (Å²) in [6.07, 6.45) is 6.26. The molecule has 0 saturated heterocycles. The van der Waals surface area contributed by atoms with Crippen LogP contribution in [0.15, 0.2) is 14.7 Å². The number of hydrogen-bond acceptors (Lipinski definition) is 5. The monoisotopic (exact) mass is 349 g/mol. The summed E-state index contributed by atoms with van der Waals surface area (Å²) in [6.45, 7) is 4.19. The van der Waals surface area contributed by atoms with Crippen LogP contribution in [0.3, 0.4) is 0 Å². The van der Waals surface area contributed by atoms with E-state index in [1.807, 2.05) is 13.8 Å².